The molecule has 0 radical (unpaired) electrons. The number of hydrogen-bond donors (Lipinski definition) is 0. The van der Waals surface area contributed by atoms with Gasteiger partial charge in [0.2, 0.25) is 0 Å². The largest absolute Gasteiger partial charge is 0.310 e. The van der Waals surface area contributed by atoms with Gasteiger partial charge >= 0.3 is 0 Å². The Balaban J connectivity index is 1.29. The van der Waals surface area contributed by atoms with Crippen molar-refractivity contribution in [3.05, 3.63) is 222 Å². The molecule has 1 aliphatic carbocycles. The van der Waals surface area contributed by atoms with Gasteiger partial charge in [0.05, 0.1) is 30.6 Å². The Hall–Kier alpha value is -6.68. The van der Waals surface area contributed by atoms with Crippen molar-refractivity contribution in [2.24, 2.45) is 0 Å². The van der Waals surface area contributed by atoms with Crippen LogP contribution in [0.5, 0.6) is 0 Å². The van der Waals surface area contributed by atoms with Gasteiger partial charge in [-0.3, -0.25) is 0 Å². The van der Waals surface area contributed by atoms with Crippen LogP contribution in [0.15, 0.2) is 194 Å². The summed E-state index contributed by atoms with van der Waals surface area (Å²) in [7, 11) is -1.54. The lowest BCUT2D eigenvalue weighted by Gasteiger charge is -2.45. The van der Waals surface area contributed by atoms with Crippen LogP contribution in [0.25, 0.3) is 32.7 Å². The molecule has 0 bridgehead atoms. The maximum absolute atomic E-state index is 2.57. The number of rotatable bonds is 5. The molecule has 0 saturated carbocycles. The third kappa shape index (κ3) is 5.60. The van der Waals surface area contributed by atoms with E-state index in [1.54, 1.807) is 0 Å². The van der Waals surface area contributed by atoms with E-state index in [4.69, 9.17) is 0 Å². The molecule has 0 amide bonds. The monoisotopic (exact) mass is 802 g/mol. The highest BCUT2D eigenvalue weighted by molar-refractivity contribution is 6.88. The fourth-order valence-corrected chi connectivity index (χ4v) is 11.6. The molecule has 61 heavy (non-hydrogen) atoms. The van der Waals surface area contributed by atoms with Crippen LogP contribution in [-0.4, -0.2) is 8.07 Å². The Kier molecular flexibility index (Phi) is 8.37. The minimum absolute atomic E-state index is 0.0406. The highest BCUT2D eigenvalue weighted by Crippen LogP contribution is 2.66. The molecule has 1 aliphatic heterocycles. The molecule has 296 valence electrons. The smallest absolute Gasteiger partial charge is 0.0775 e. The molecule has 0 aromatic heterocycles. The van der Waals surface area contributed by atoms with Crippen LogP contribution in [0.4, 0.5) is 34.1 Å². The fourth-order valence-electron chi connectivity index (χ4n) is 10.4. The number of para-hydroxylation sites is 3. The van der Waals surface area contributed by atoms with E-state index in [-0.39, 0.29) is 5.41 Å². The molecule has 2 nitrogen and oxygen atoms in total. The Labute approximate surface area is 361 Å². The Morgan fingerprint density at radius 2 is 0.984 bits per heavy atom. The summed E-state index contributed by atoms with van der Waals surface area (Å²) >= 11 is 0. The second-order valence-corrected chi connectivity index (χ2v) is 24.0. The normalized spacial score (nSPS) is 13.8. The molecule has 2 aliphatic rings. The van der Waals surface area contributed by atoms with Crippen LogP contribution in [0, 0.1) is 0 Å². The summed E-state index contributed by atoms with van der Waals surface area (Å²) in [5.41, 5.74) is 15.6. The summed E-state index contributed by atoms with van der Waals surface area (Å²) in [4.78, 5) is 4.99. The molecule has 0 N–H and O–H groups in total. The van der Waals surface area contributed by atoms with Crippen LogP contribution < -0.4 is 15.0 Å². The quantitative estimate of drug-likeness (QED) is 0.160. The van der Waals surface area contributed by atoms with E-state index in [2.05, 4.69) is 244 Å². The van der Waals surface area contributed by atoms with E-state index >= 15 is 0 Å². The molecule has 0 atom stereocenters. The van der Waals surface area contributed by atoms with Crippen LogP contribution in [0.3, 0.4) is 0 Å². The average molecular weight is 803 g/mol. The number of fused-ring (bicyclic) bond motifs is 13. The molecule has 3 heteroatoms. The van der Waals surface area contributed by atoms with Gasteiger partial charge in [-0.25, -0.2) is 0 Å². The van der Waals surface area contributed by atoms with Crippen LogP contribution in [0.2, 0.25) is 19.6 Å². The maximum Gasteiger partial charge on any atom is 0.0775 e. The molecule has 9 aromatic carbocycles. The van der Waals surface area contributed by atoms with Gasteiger partial charge in [0, 0.05) is 22.4 Å². The second-order valence-electron chi connectivity index (χ2n) is 19.0. The first-order valence-electron chi connectivity index (χ1n) is 21.7. The Bertz CT molecular complexity index is 3050. The minimum atomic E-state index is -1.54. The van der Waals surface area contributed by atoms with Crippen molar-refractivity contribution >= 4 is 68.9 Å². The molecule has 9 aromatic rings. The first-order valence-corrected chi connectivity index (χ1v) is 25.2. The van der Waals surface area contributed by atoms with Gasteiger partial charge < -0.3 is 9.80 Å². The van der Waals surface area contributed by atoms with Gasteiger partial charge in [0.1, 0.15) is 0 Å². The first-order chi connectivity index (χ1) is 29.5. The van der Waals surface area contributed by atoms with Crippen molar-refractivity contribution in [3.63, 3.8) is 0 Å². The predicted octanol–water partition coefficient (Wildman–Crippen LogP) is 15.5. The van der Waals surface area contributed by atoms with E-state index in [9.17, 15) is 0 Å². The fraction of sp³-hybridized carbons (Fsp3) is 0.138. The third-order valence-electron chi connectivity index (χ3n) is 13.3. The highest BCUT2D eigenvalue weighted by Gasteiger charge is 2.53. The van der Waals surface area contributed by atoms with Crippen molar-refractivity contribution in [1.82, 2.24) is 0 Å². The number of nitrogens with zero attached hydrogens (tertiary/aromatic N) is 2. The van der Waals surface area contributed by atoms with E-state index in [0.717, 1.165) is 17.1 Å². The number of anilines is 6. The molecule has 1 spiro atoms. The van der Waals surface area contributed by atoms with Crippen LogP contribution in [0.1, 0.15) is 48.6 Å². The Morgan fingerprint density at radius 1 is 0.459 bits per heavy atom. The molecule has 11 rings (SSSR count). The van der Waals surface area contributed by atoms with Gasteiger partial charge in [-0.2, -0.15) is 0 Å². The van der Waals surface area contributed by atoms with Gasteiger partial charge in [-0.05, 0) is 115 Å². The van der Waals surface area contributed by atoms with Crippen LogP contribution in [-0.2, 0) is 10.8 Å². The maximum atomic E-state index is 2.57. The summed E-state index contributed by atoms with van der Waals surface area (Å²) < 4.78 is 0. The summed E-state index contributed by atoms with van der Waals surface area (Å²) in [6.07, 6.45) is 0. The zero-order valence-corrected chi connectivity index (χ0v) is 36.9. The van der Waals surface area contributed by atoms with Crippen molar-refractivity contribution in [2.75, 3.05) is 9.80 Å². The molecular formula is C58H50N2Si. The number of benzene rings is 9. The van der Waals surface area contributed by atoms with Crippen molar-refractivity contribution in [1.29, 1.82) is 0 Å². The highest BCUT2D eigenvalue weighted by atomic mass is 28.3. The standard InChI is InChI=1S/C58H50N2Si/c1-57(2,3)40-29-31-42(32-30-40)59(43-33-35-44(36-34-43)61(4,5)6)54-38-51-56(47-23-13-12-22-46(47)54)55-45-21-11-10-18-39(45)28-37-50(55)58(51)48-24-14-16-26-52(48)60(41-19-8-7-9-20-41)53-27-17-15-25-49(53)58/h7-38H,1-6H3. The third-order valence-corrected chi connectivity index (χ3v) is 15.4. The van der Waals surface area contributed by atoms with E-state index in [1.165, 1.54) is 82.7 Å². The first kappa shape index (κ1) is 37.3. The van der Waals surface area contributed by atoms with Crippen molar-refractivity contribution in [2.45, 2.75) is 51.2 Å². The summed E-state index contributed by atoms with van der Waals surface area (Å²) in [5.74, 6) is 0. The van der Waals surface area contributed by atoms with Gasteiger partial charge in [-0.15, -0.1) is 0 Å². The molecule has 0 saturated heterocycles. The molecule has 1 heterocycles. The predicted molar refractivity (Wildman–Crippen MR) is 263 cm³/mol. The average Bonchev–Trinajstić information content (AvgIpc) is 3.58. The number of hydrogen-bond acceptors (Lipinski definition) is 2. The summed E-state index contributed by atoms with van der Waals surface area (Å²) in [6, 6.07) is 73.4. The van der Waals surface area contributed by atoms with E-state index in [1.807, 2.05) is 0 Å². The zero-order valence-electron chi connectivity index (χ0n) is 35.9. The molecule has 0 unspecified atom stereocenters. The SMILES string of the molecule is CC(C)(C)c1ccc(N(c2ccc([Si](C)(C)C)cc2)c2cc3c(c4ccccc24)-c2c(ccc4ccccc24)C32c3ccccc3N(c3ccccc3)c3ccccc32)cc1. The van der Waals surface area contributed by atoms with Crippen molar-refractivity contribution in [3.8, 4) is 11.1 Å². The van der Waals surface area contributed by atoms with Crippen LogP contribution >= 0.6 is 0 Å². The summed E-state index contributed by atoms with van der Waals surface area (Å²) in [6.45, 7) is 14.2. The van der Waals surface area contributed by atoms with Gasteiger partial charge in [0.25, 0.3) is 0 Å². The van der Waals surface area contributed by atoms with E-state index in [0.29, 0.717) is 0 Å². The lowest BCUT2D eigenvalue weighted by atomic mass is 9.64. The summed E-state index contributed by atoms with van der Waals surface area (Å²) in [5, 5.41) is 6.49. The Morgan fingerprint density at radius 3 is 1.61 bits per heavy atom. The van der Waals surface area contributed by atoms with E-state index < -0.39 is 13.5 Å². The second kappa shape index (κ2) is 13.7. The lowest BCUT2D eigenvalue weighted by molar-refractivity contribution is 0.590. The lowest BCUT2D eigenvalue weighted by Crippen LogP contribution is -2.37. The molecular weight excluding hydrogens is 753 g/mol. The van der Waals surface area contributed by atoms with Crippen molar-refractivity contribution < 1.29 is 0 Å². The van der Waals surface area contributed by atoms with Gasteiger partial charge in [0.15, 0.2) is 0 Å². The molecule has 0 fully saturated rings. The topological polar surface area (TPSA) is 6.48 Å². The zero-order chi connectivity index (χ0) is 41.7. The minimum Gasteiger partial charge on any atom is -0.310 e. The van der Waals surface area contributed by atoms with Gasteiger partial charge in [-0.1, -0.05) is 185 Å².